The second-order valence-corrected chi connectivity index (χ2v) is 21.1. The average Bonchev–Trinajstić information content (AvgIpc) is 3.96. The summed E-state index contributed by atoms with van der Waals surface area (Å²) in [7, 11) is 0. The zero-order chi connectivity index (χ0) is 53.3. The fourth-order valence-electron chi connectivity index (χ4n) is 12.1. The molecule has 2 fully saturated rings. The zero-order valence-electron chi connectivity index (χ0n) is 44.9. The van der Waals surface area contributed by atoms with E-state index in [1.54, 1.807) is 24.3 Å². The first-order valence-corrected chi connectivity index (χ1v) is 28.5. The molecule has 16 nitrogen and oxygen atoms in total. The highest BCUT2D eigenvalue weighted by molar-refractivity contribution is 6.03. The number of oxime groups is 1. The maximum atomic E-state index is 15.1. The first-order chi connectivity index (χ1) is 36.7. The van der Waals surface area contributed by atoms with E-state index in [9.17, 15) is 30.2 Å². The van der Waals surface area contributed by atoms with Crippen LogP contribution in [-0.2, 0) is 25.7 Å². The molecule has 2 saturated carbocycles. The van der Waals surface area contributed by atoms with E-state index in [-0.39, 0.29) is 88.6 Å². The summed E-state index contributed by atoms with van der Waals surface area (Å²) in [5.41, 5.74) is 2.92. The molecule has 0 aromatic heterocycles. The number of aliphatic hydroxyl groups is 3. The molecule has 16 heteroatoms. The number of rotatable bonds is 36. The fraction of sp³-hybridized carbons (Fsp3) is 0.678. The summed E-state index contributed by atoms with van der Waals surface area (Å²) >= 11 is 0. The molecule has 0 unspecified atom stereocenters. The van der Waals surface area contributed by atoms with Gasteiger partial charge in [0.2, 0.25) is 11.7 Å². The summed E-state index contributed by atoms with van der Waals surface area (Å²) in [5, 5.41) is 49.1. The van der Waals surface area contributed by atoms with E-state index < -0.39 is 28.8 Å². The summed E-state index contributed by atoms with van der Waals surface area (Å²) in [5.74, 6) is -1.26. The van der Waals surface area contributed by atoms with Crippen LogP contribution in [0.2, 0.25) is 0 Å². The van der Waals surface area contributed by atoms with Crippen molar-refractivity contribution in [3.8, 4) is 11.5 Å². The molecular weight excluding hydrogens is 957 g/mol. The predicted molar refractivity (Wildman–Crippen MR) is 290 cm³/mol. The van der Waals surface area contributed by atoms with E-state index in [2.05, 4.69) is 24.9 Å². The molecule has 0 saturated heterocycles. The number of aliphatic hydroxyl groups excluding tert-OH is 3. The highest BCUT2D eigenvalue weighted by atomic mass is 16.7. The monoisotopic (exact) mass is 1040 g/mol. The van der Waals surface area contributed by atoms with Gasteiger partial charge in [0.25, 0.3) is 5.69 Å². The molecule has 2 aromatic rings. The van der Waals surface area contributed by atoms with Crippen molar-refractivity contribution in [1.82, 2.24) is 10.2 Å². The molecule has 6 atom stereocenters. The molecule has 1 aliphatic heterocycles. The number of unbranched alkanes of at least 4 members (excludes halogenated alkanes) is 11. The predicted octanol–water partition coefficient (Wildman–Crippen LogP) is 11.2. The Hall–Kier alpha value is -4.87. The normalized spacial score (nSPS) is 22.4. The van der Waals surface area contributed by atoms with E-state index in [1.807, 2.05) is 17.0 Å². The Balaban J connectivity index is 1.41. The molecule has 0 radical (unpaired) electrons. The van der Waals surface area contributed by atoms with Gasteiger partial charge >= 0.3 is 6.09 Å². The van der Waals surface area contributed by atoms with E-state index in [0.717, 1.165) is 88.2 Å². The van der Waals surface area contributed by atoms with E-state index in [0.29, 0.717) is 54.5 Å². The molecule has 0 bridgehead atoms. The lowest BCUT2D eigenvalue weighted by atomic mass is 9.55. The van der Waals surface area contributed by atoms with Gasteiger partial charge in [-0.05, 0) is 97.7 Å². The number of nitro benzene ring substituents is 1. The summed E-state index contributed by atoms with van der Waals surface area (Å²) in [4.78, 5) is 47.6. The lowest BCUT2D eigenvalue weighted by Crippen LogP contribution is -2.70. The number of ether oxygens (including phenoxy) is 4. The van der Waals surface area contributed by atoms with Crippen LogP contribution in [0, 0.1) is 33.8 Å². The molecule has 1 heterocycles. The van der Waals surface area contributed by atoms with Crippen LogP contribution in [-0.4, -0.2) is 107 Å². The van der Waals surface area contributed by atoms with E-state index >= 15 is 4.79 Å². The number of benzene rings is 2. The van der Waals surface area contributed by atoms with Crippen molar-refractivity contribution in [3.05, 3.63) is 88.0 Å². The summed E-state index contributed by atoms with van der Waals surface area (Å²) in [6.07, 6.45) is 25.2. The van der Waals surface area contributed by atoms with Gasteiger partial charge in [-0.15, -0.1) is 6.58 Å². The average molecular weight is 1050 g/mol. The van der Waals surface area contributed by atoms with Crippen molar-refractivity contribution < 1.29 is 53.6 Å². The molecule has 416 valence electrons. The third-order valence-electron chi connectivity index (χ3n) is 15.9. The minimum absolute atomic E-state index is 0.0235. The molecule has 6 rings (SSSR count). The van der Waals surface area contributed by atoms with Gasteiger partial charge in [-0.1, -0.05) is 121 Å². The van der Waals surface area contributed by atoms with Crippen LogP contribution >= 0.6 is 0 Å². The first-order valence-electron chi connectivity index (χ1n) is 28.5. The quantitative estimate of drug-likeness (QED) is 0.0217. The number of nitrogens with zero attached hydrogens (tertiary/aromatic N) is 3. The second-order valence-electron chi connectivity index (χ2n) is 21.1. The number of nitro groups is 1. The van der Waals surface area contributed by atoms with Gasteiger partial charge in [-0.25, -0.2) is 4.79 Å². The third-order valence-corrected chi connectivity index (χ3v) is 15.9. The van der Waals surface area contributed by atoms with Gasteiger partial charge in [0, 0.05) is 62.8 Å². The molecule has 75 heavy (non-hydrogen) atoms. The number of non-ortho nitro benzene ring substituents is 1. The van der Waals surface area contributed by atoms with E-state index in [4.69, 9.17) is 28.9 Å². The van der Waals surface area contributed by atoms with Crippen LogP contribution < -0.4 is 14.8 Å². The van der Waals surface area contributed by atoms with Gasteiger partial charge in [0.05, 0.1) is 43.0 Å². The minimum atomic E-state index is -1.50. The van der Waals surface area contributed by atoms with Crippen molar-refractivity contribution in [2.24, 2.45) is 28.8 Å². The number of hydrogen-bond acceptors (Lipinski definition) is 13. The lowest BCUT2D eigenvalue weighted by molar-refractivity contribution is -0.384. The Labute approximate surface area is 445 Å². The summed E-state index contributed by atoms with van der Waals surface area (Å²) in [6, 6.07) is 10.8. The fourth-order valence-corrected chi connectivity index (χ4v) is 12.1. The summed E-state index contributed by atoms with van der Waals surface area (Å²) < 4.78 is 26.5. The van der Waals surface area contributed by atoms with Crippen LogP contribution in [0.25, 0.3) is 0 Å². The van der Waals surface area contributed by atoms with Gasteiger partial charge < -0.3 is 49.3 Å². The van der Waals surface area contributed by atoms with Crippen LogP contribution in [0.3, 0.4) is 0 Å². The molecule has 0 spiro atoms. The third kappa shape index (κ3) is 17.1. The maximum Gasteiger partial charge on any atom is 0.412 e. The van der Waals surface area contributed by atoms with Crippen LogP contribution in [0.5, 0.6) is 11.5 Å². The van der Waals surface area contributed by atoms with Gasteiger partial charge in [-0.3, -0.25) is 14.9 Å². The molecule has 2 aromatic carbocycles. The van der Waals surface area contributed by atoms with Crippen LogP contribution in [0.15, 0.2) is 71.9 Å². The van der Waals surface area contributed by atoms with Gasteiger partial charge in [-0.2, -0.15) is 0 Å². The Morgan fingerprint density at radius 3 is 2.28 bits per heavy atom. The molecular formula is C59H88N4O12. The van der Waals surface area contributed by atoms with Crippen LogP contribution in [0.4, 0.5) is 10.5 Å². The largest absolute Gasteiger partial charge is 0.459 e. The van der Waals surface area contributed by atoms with Gasteiger partial charge in [0.1, 0.15) is 24.1 Å². The second kappa shape index (κ2) is 32.0. The first kappa shape index (κ1) is 59.4. The topological polar surface area (TPSA) is 212 Å². The summed E-state index contributed by atoms with van der Waals surface area (Å²) in [6.45, 7) is 7.27. The van der Waals surface area contributed by atoms with Crippen molar-refractivity contribution in [3.63, 3.8) is 0 Å². The molecule has 2 amide bonds. The zero-order valence-corrected chi connectivity index (χ0v) is 44.9. The number of amides is 2. The molecule has 4 N–H and O–H groups in total. The number of carbonyl (C=O) groups excluding carboxylic acids is 2. The van der Waals surface area contributed by atoms with Crippen molar-refractivity contribution >= 4 is 23.4 Å². The molecule has 4 aliphatic rings. The highest BCUT2D eigenvalue weighted by Crippen LogP contribution is 2.62. The maximum absolute atomic E-state index is 15.1. The Morgan fingerprint density at radius 2 is 1.60 bits per heavy atom. The van der Waals surface area contributed by atoms with Gasteiger partial charge in [0.15, 0.2) is 0 Å². The standard InChI is InChI=1S/C59H88N4O12/c1-3-5-6-7-8-9-10-11-12-17-32-60-58(68)74-48-29-30-53-51(41-48)56-49(23-16-19-35-65)46(22-15-18-34-64)40-50-52(61-73-43-45-24-27-47(28-25-45)63(69)70)42-54(59(75-53,57(50)56)72-37-4-2)62(33-38-71-39-36-66)55(67)31-26-44-20-13-14-21-44/h4,24-25,27-30,40-41,44,46,49,54,56-57,64-66H,2-3,5-23,26,31-39,42-43H2,1H3,(H,60,68)/t46-,49+,54-,56+,57+,59+/m0/s1. The SMILES string of the molecule is C=CCO[C@@]12Oc3ccc(OC(=O)NCCCCCCCCCCCC)cc3[C@H]3[C@H](CCCCO)[C@@H](CCCCO)C=C(C(=NOCc4ccc([N+](=O)[O-])cc4)C[C@@H]1N(CCOCCO)C(=O)CCC1CCCC1)[C@H]32. The number of carbonyl (C=O) groups is 2. The Morgan fingerprint density at radius 1 is 0.893 bits per heavy atom. The van der Waals surface area contributed by atoms with Crippen LogP contribution in [0.1, 0.15) is 172 Å². The van der Waals surface area contributed by atoms with E-state index in [1.165, 1.54) is 57.1 Å². The number of allylic oxidation sites excluding steroid dienone is 1. The number of nitrogens with one attached hydrogen (secondary N) is 1. The molecule has 3 aliphatic carbocycles. The van der Waals surface area contributed by atoms with Crippen molar-refractivity contribution in [2.45, 2.75) is 179 Å². The smallest absolute Gasteiger partial charge is 0.412 e. The number of hydrogen-bond donors (Lipinski definition) is 4. The Bertz CT molecular complexity index is 2130. The lowest BCUT2D eigenvalue weighted by Gasteiger charge is -2.60. The highest BCUT2D eigenvalue weighted by Gasteiger charge is 2.65. The number of fused-ring (bicyclic) bond motifs is 2. The van der Waals surface area contributed by atoms with Crippen molar-refractivity contribution in [2.75, 3.05) is 52.7 Å². The van der Waals surface area contributed by atoms with Crippen molar-refractivity contribution in [1.29, 1.82) is 0 Å². The minimum Gasteiger partial charge on any atom is -0.459 e. The Kier molecular flexibility index (Phi) is 25.3.